The number of piperidine rings is 1. The summed E-state index contributed by atoms with van der Waals surface area (Å²) >= 11 is 0. The van der Waals surface area contributed by atoms with E-state index in [4.69, 9.17) is 4.74 Å². The Morgan fingerprint density at radius 2 is 1.82 bits per heavy atom. The lowest BCUT2D eigenvalue weighted by Crippen LogP contribution is -2.43. The van der Waals surface area contributed by atoms with Gasteiger partial charge >= 0.3 is 0 Å². The van der Waals surface area contributed by atoms with Crippen LogP contribution in [0.1, 0.15) is 31.7 Å². The molecule has 4 nitrogen and oxygen atoms in total. The lowest BCUT2D eigenvalue weighted by molar-refractivity contribution is 0.220. The standard InChI is InChI=1S/C18H29N3O/c1-2-22-18-14-16(15-20-10-4-3-5-11-20)6-7-17(18)21-12-8-19-9-13-21/h6-7,14,19H,2-5,8-13,15H2,1H3. The lowest BCUT2D eigenvalue weighted by atomic mass is 10.1. The number of hydrogen-bond donors (Lipinski definition) is 1. The molecule has 2 aliphatic heterocycles. The Morgan fingerprint density at radius 1 is 1.05 bits per heavy atom. The molecule has 1 N–H and O–H groups in total. The van der Waals surface area contributed by atoms with Crippen molar-refractivity contribution in [3.63, 3.8) is 0 Å². The van der Waals surface area contributed by atoms with E-state index < -0.39 is 0 Å². The first kappa shape index (κ1) is 15.6. The third-order valence-electron chi connectivity index (χ3n) is 4.64. The van der Waals surface area contributed by atoms with Crippen molar-refractivity contribution in [1.29, 1.82) is 0 Å². The molecule has 3 rings (SSSR count). The molecule has 2 saturated heterocycles. The average molecular weight is 303 g/mol. The van der Waals surface area contributed by atoms with E-state index in [1.165, 1.54) is 43.6 Å². The summed E-state index contributed by atoms with van der Waals surface area (Å²) < 4.78 is 5.94. The molecule has 4 heteroatoms. The van der Waals surface area contributed by atoms with Crippen molar-refractivity contribution in [2.45, 2.75) is 32.7 Å². The minimum Gasteiger partial charge on any atom is -0.492 e. The minimum absolute atomic E-state index is 0.728. The van der Waals surface area contributed by atoms with Gasteiger partial charge in [0.2, 0.25) is 0 Å². The maximum absolute atomic E-state index is 5.94. The number of ether oxygens (including phenoxy) is 1. The summed E-state index contributed by atoms with van der Waals surface area (Å²) in [7, 11) is 0. The summed E-state index contributed by atoms with van der Waals surface area (Å²) in [6.45, 7) is 10.6. The first-order chi connectivity index (χ1) is 10.9. The lowest BCUT2D eigenvalue weighted by Gasteiger charge is -2.31. The molecule has 22 heavy (non-hydrogen) atoms. The Morgan fingerprint density at radius 3 is 2.55 bits per heavy atom. The molecule has 0 aliphatic carbocycles. The average Bonchev–Trinajstić information content (AvgIpc) is 2.57. The summed E-state index contributed by atoms with van der Waals surface area (Å²) in [5, 5.41) is 3.41. The molecule has 0 atom stereocenters. The van der Waals surface area contributed by atoms with Gasteiger partial charge in [0.1, 0.15) is 5.75 Å². The molecule has 1 aromatic carbocycles. The minimum atomic E-state index is 0.728. The van der Waals surface area contributed by atoms with Crippen LogP contribution in [-0.4, -0.2) is 50.8 Å². The van der Waals surface area contributed by atoms with E-state index in [1.807, 2.05) is 0 Å². The van der Waals surface area contributed by atoms with Crippen molar-refractivity contribution in [2.75, 3.05) is 50.8 Å². The molecule has 0 bridgehead atoms. The number of likely N-dealkylation sites (tertiary alicyclic amines) is 1. The second-order valence-electron chi connectivity index (χ2n) is 6.31. The third kappa shape index (κ3) is 3.93. The Bertz CT molecular complexity index is 465. The van der Waals surface area contributed by atoms with Crippen LogP contribution < -0.4 is 15.0 Å². The third-order valence-corrected chi connectivity index (χ3v) is 4.64. The van der Waals surface area contributed by atoms with Crippen LogP contribution in [0.5, 0.6) is 5.75 Å². The Hall–Kier alpha value is -1.26. The van der Waals surface area contributed by atoms with Crippen LogP contribution in [0.25, 0.3) is 0 Å². The SMILES string of the molecule is CCOc1cc(CN2CCCCC2)ccc1N1CCNCC1. The fraction of sp³-hybridized carbons (Fsp3) is 0.667. The van der Waals surface area contributed by atoms with Gasteiger partial charge in [-0.15, -0.1) is 0 Å². The smallest absolute Gasteiger partial charge is 0.142 e. The normalized spacial score (nSPS) is 20.1. The van der Waals surface area contributed by atoms with Gasteiger partial charge in [0, 0.05) is 32.7 Å². The summed E-state index contributed by atoms with van der Waals surface area (Å²) in [6.07, 6.45) is 4.08. The molecule has 2 fully saturated rings. The van der Waals surface area contributed by atoms with Gasteiger partial charge in [-0.3, -0.25) is 4.90 Å². The molecule has 0 spiro atoms. The van der Waals surface area contributed by atoms with Gasteiger partial charge in [-0.25, -0.2) is 0 Å². The number of rotatable bonds is 5. The summed E-state index contributed by atoms with van der Waals surface area (Å²) in [5.74, 6) is 1.05. The highest BCUT2D eigenvalue weighted by atomic mass is 16.5. The molecule has 0 aromatic heterocycles. The highest BCUT2D eigenvalue weighted by Crippen LogP contribution is 2.30. The van der Waals surface area contributed by atoms with Crippen molar-refractivity contribution in [3.8, 4) is 5.75 Å². The summed E-state index contributed by atoms with van der Waals surface area (Å²) in [4.78, 5) is 5.01. The highest BCUT2D eigenvalue weighted by Gasteiger charge is 2.17. The molecule has 1 aromatic rings. The van der Waals surface area contributed by atoms with Gasteiger partial charge in [0.05, 0.1) is 12.3 Å². The highest BCUT2D eigenvalue weighted by molar-refractivity contribution is 5.60. The molecule has 122 valence electrons. The van der Waals surface area contributed by atoms with Crippen LogP contribution in [-0.2, 0) is 6.54 Å². The van der Waals surface area contributed by atoms with Crippen molar-refractivity contribution in [3.05, 3.63) is 23.8 Å². The predicted octanol–water partition coefficient (Wildman–Crippen LogP) is 2.48. The predicted molar refractivity (Wildman–Crippen MR) is 91.8 cm³/mol. The fourth-order valence-electron chi connectivity index (χ4n) is 3.47. The topological polar surface area (TPSA) is 27.7 Å². The van der Waals surface area contributed by atoms with Gasteiger partial charge in [0.25, 0.3) is 0 Å². The van der Waals surface area contributed by atoms with E-state index in [1.54, 1.807) is 0 Å². The van der Waals surface area contributed by atoms with Gasteiger partial charge < -0.3 is 15.0 Å². The first-order valence-corrected chi connectivity index (χ1v) is 8.80. The van der Waals surface area contributed by atoms with E-state index in [0.29, 0.717) is 0 Å². The second kappa shape index (κ2) is 7.84. The zero-order valence-corrected chi connectivity index (χ0v) is 13.8. The van der Waals surface area contributed by atoms with Crippen LogP contribution in [0.2, 0.25) is 0 Å². The summed E-state index contributed by atoms with van der Waals surface area (Å²) in [6, 6.07) is 6.81. The van der Waals surface area contributed by atoms with Crippen molar-refractivity contribution in [2.24, 2.45) is 0 Å². The van der Waals surface area contributed by atoms with Crippen LogP contribution >= 0.6 is 0 Å². The molecule has 0 amide bonds. The Kier molecular flexibility index (Phi) is 5.57. The van der Waals surface area contributed by atoms with E-state index in [9.17, 15) is 0 Å². The molecule has 2 heterocycles. The zero-order chi connectivity index (χ0) is 15.2. The van der Waals surface area contributed by atoms with Crippen LogP contribution in [0.3, 0.4) is 0 Å². The van der Waals surface area contributed by atoms with Crippen molar-refractivity contribution >= 4 is 5.69 Å². The van der Waals surface area contributed by atoms with E-state index in [2.05, 4.69) is 40.2 Å². The van der Waals surface area contributed by atoms with E-state index >= 15 is 0 Å². The molecule has 2 aliphatic rings. The summed E-state index contributed by atoms with van der Waals surface area (Å²) in [5.41, 5.74) is 2.63. The van der Waals surface area contributed by atoms with Crippen LogP contribution in [0.4, 0.5) is 5.69 Å². The number of piperazine rings is 1. The quantitative estimate of drug-likeness (QED) is 0.904. The van der Waals surface area contributed by atoms with E-state index in [0.717, 1.165) is 45.1 Å². The number of nitrogens with zero attached hydrogens (tertiary/aromatic N) is 2. The van der Waals surface area contributed by atoms with Gasteiger partial charge in [-0.05, 0) is 50.6 Å². The monoisotopic (exact) mass is 303 g/mol. The molecular weight excluding hydrogens is 274 g/mol. The van der Waals surface area contributed by atoms with Crippen molar-refractivity contribution in [1.82, 2.24) is 10.2 Å². The molecular formula is C18H29N3O. The second-order valence-corrected chi connectivity index (χ2v) is 6.31. The van der Waals surface area contributed by atoms with Gasteiger partial charge in [-0.2, -0.15) is 0 Å². The fourth-order valence-corrected chi connectivity index (χ4v) is 3.47. The number of benzene rings is 1. The van der Waals surface area contributed by atoms with Crippen LogP contribution in [0.15, 0.2) is 18.2 Å². The zero-order valence-electron chi connectivity index (χ0n) is 13.8. The number of nitrogens with one attached hydrogen (secondary N) is 1. The van der Waals surface area contributed by atoms with Crippen molar-refractivity contribution < 1.29 is 4.74 Å². The van der Waals surface area contributed by atoms with Crippen LogP contribution in [0, 0.1) is 0 Å². The molecule has 0 saturated carbocycles. The largest absolute Gasteiger partial charge is 0.492 e. The number of anilines is 1. The number of hydrogen-bond acceptors (Lipinski definition) is 4. The van der Waals surface area contributed by atoms with Gasteiger partial charge in [0.15, 0.2) is 0 Å². The Labute approximate surface area is 134 Å². The van der Waals surface area contributed by atoms with E-state index in [-0.39, 0.29) is 0 Å². The first-order valence-electron chi connectivity index (χ1n) is 8.80. The maximum atomic E-state index is 5.94. The molecule has 0 radical (unpaired) electrons. The molecule has 0 unspecified atom stereocenters. The maximum Gasteiger partial charge on any atom is 0.142 e. The van der Waals surface area contributed by atoms with Gasteiger partial charge in [-0.1, -0.05) is 12.5 Å². The Balaban J connectivity index is 1.73.